The number of hydrogen-bond donors (Lipinski definition) is 1. The van der Waals surface area contributed by atoms with Crippen LogP contribution in [0.2, 0.25) is 0 Å². The van der Waals surface area contributed by atoms with Crippen LogP contribution in [0.5, 0.6) is 11.5 Å². The molecule has 2 aromatic carbocycles. The van der Waals surface area contributed by atoms with Crippen LogP contribution in [0.4, 0.5) is 35.9 Å². The van der Waals surface area contributed by atoms with Crippen LogP contribution in [0, 0.1) is 0 Å². The van der Waals surface area contributed by atoms with Crippen LogP contribution >= 0.6 is 22.7 Å². The number of benzene rings is 2. The zero-order chi connectivity index (χ0) is 55.3. The Morgan fingerprint density at radius 1 is 0.622 bits per heavy atom. The molecule has 2 aliphatic heterocycles. The van der Waals surface area contributed by atoms with Crippen molar-refractivity contribution in [2.24, 2.45) is 0 Å². The maximum Gasteiger partial charge on any atom is 0.419 e. The molecule has 2 atom stereocenters. The second-order valence-corrected chi connectivity index (χ2v) is 22.9. The lowest BCUT2D eigenvalue weighted by Crippen LogP contribution is -2.54. The van der Waals surface area contributed by atoms with E-state index in [0.717, 1.165) is 47.6 Å². The summed E-state index contributed by atoms with van der Waals surface area (Å²) < 4.78 is 122. The van der Waals surface area contributed by atoms with Crippen LogP contribution in [0.1, 0.15) is 137 Å². The number of aromatic nitrogens is 4. The molecule has 0 spiro atoms. The molecule has 2 aliphatic rings. The first-order valence-corrected chi connectivity index (χ1v) is 25.7. The molecule has 2 saturated heterocycles. The van der Waals surface area contributed by atoms with Gasteiger partial charge in [-0.25, -0.2) is 9.59 Å². The van der Waals surface area contributed by atoms with Gasteiger partial charge in [0, 0.05) is 43.8 Å². The summed E-state index contributed by atoms with van der Waals surface area (Å²) in [4.78, 5) is 29.1. The lowest BCUT2D eigenvalue weighted by Gasteiger charge is -2.39. The standard InChI is InChI=1S/C27H38F3N3O5S.C23H30F3N3O5S/c1-8-9-13-35-14-10-15-36-20-12-11-18(16-19(20)27(28,29)30)21-31-32-22(39-21)26(7)17-37-25(5,6)33(26)23(34)38-24(2,3)4;1-20(2,3)34-19(31)29-21(4,5)33-13-22(29,6)18-28-27-17(35-18)14-8-9-16(32-11-7-10-30)15(12-14)23(24,25)26/h11-12,16H,8-10,13-15,17H2,1-7H3;8-9,12,30H,7,10-11,13H2,1-6H3/t26-;22-/m11/s1. The Morgan fingerprint density at radius 2 is 1.01 bits per heavy atom. The topological polar surface area (TPSA) is 177 Å². The minimum Gasteiger partial charge on any atom is -0.493 e. The first-order chi connectivity index (χ1) is 34.2. The van der Waals surface area contributed by atoms with E-state index in [1.54, 1.807) is 83.1 Å². The van der Waals surface area contributed by atoms with Gasteiger partial charge in [-0.1, -0.05) is 36.0 Å². The van der Waals surface area contributed by atoms with Gasteiger partial charge < -0.3 is 38.3 Å². The van der Waals surface area contributed by atoms with Gasteiger partial charge in [-0.15, -0.1) is 20.4 Å². The van der Waals surface area contributed by atoms with Crippen molar-refractivity contribution in [2.45, 2.75) is 162 Å². The van der Waals surface area contributed by atoms with E-state index in [1.165, 1.54) is 34.1 Å². The van der Waals surface area contributed by atoms with Crippen LogP contribution in [0.15, 0.2) is 36.4 Å². The van der Waals surface area contributed by atoms with E-state index < -0.39 is 69.4 Å². The largest absolute Gasteiger partial charge is 0.493 e. The molecule has 4 heterocycles. The molecule has 0 unspecified atom stereocenters. The van der Waals surface area contributed by atoms with Gasteiger partial charge in [-0.3, -0.25) is 9.80 Å². The average Bonchev–Trinajstić information content (AvgIpc) is 4.07. The highest BCUT2D eigenvalue weighted by Gasteiger charge is 2.57. The maximum atomic E-state index is 13.9. The summed E-state index contributed by atoms with van der Waals surface area (Å²) in [7, 11) is 0. The van der Waals surface area contributed by atoms with Gasteiger partial charge >= 0.3 is 24.5 Å². The monoisotopic (exact) mass is 1090 g/mol. The number of carbonyl (C=O) groups is 2. The summed E-state index contributed by atoms with van der Waals surface area (Å²) in [5, 5.41) is 27.0. The van der Waals surface area contributed by atoms with Crippen molar-refractivity contribution in [3.8, 4) is 32.6 Å². The van der Waals surface area contributed by atoms with Gasteiger partial charge in [0.25, 0.3) is 0 Å². The lowest BCUT2D eigenvalue weighted by molar-refractivity contribution is -0.139. The minimum absolute atomic E-state index is 0.0451. The molecule has 6 rings (SSSR count). The van der Waals surface area contributed by atoms with E-state index >= 15 is 0 Å². The molecule has 74 heavy (non-hydrogen) atoms. The van der Waals surface area contributed by atoms with Crippen LogP contribution in [0.25, 0.3) is 21.1 Å². The Balaban J connectivity index is 0.000000276. The fourth-order valence-electron chi connectivity index (χ4n) is 7.93. The fraction of sp³-hybridized carbons (Fsp3) is 0.640. The Kier molecular flexibility index (Phi) is 18.8. The number of amides is 2. The van der Waals surface area contributed by atoms with E-state index in [1.807, 2.05) is 0 Å². The molecule has 24 heteroatoms. The van der Waals surface area contributed by atoms with Gasteiger partial charge in [-0.2, -0.15) is 26.3 Å². The van der Waals surface area contributed by atoms with Crippen molar-refractivity contribution in [1.82, 2.24) is 30.2 Å². The van der Waals surface area contributed by atoms with Gasteiger partial charge in [-0.05, 0) is 126 Å². The van der Waals surface area contributed by atoms with Gasteiger partial charge in [0.15, 0.2) is 0 Å². The van der Waals surface area contributed by atoms with E-state index in [-0.39, 0.29) is 72.1 Å². The summed E-state index contributed by atoms with van der Waals surface area (Å²) in [6, 6.07) is 7.50. The third-order valence-corrected chi connectivity index (χ3v) is 13.8. The normalized spacial score (nSPS) is 19.8. The number of aliphatic hydroxyl groups excluding tert-OH is 1. The molecule has 412 valence electrons. The molecule has 4 aromatic rings. The van der Waals surface area contributed by atoms with Gasteiger partial charge in [0.1, 0.15) is 65.3 Å². The molecule has 2 amide bonds. The lowest BCUT2D eigenvalue weighted by atomic mass is 10.0. The molecule has 1 N–H and O–H groups in total. The molecule has 0 aliphatic carbocycles. The predicted octanol–water partition coefficient (Wildman–Crippen LogP) is 12.2. The predicted molar refractivity (Wildman–Crippen MR) is 265 cm³/mol. The third kappa shape index (κ3) is 14.7. The zero-order valence-corrected chi connectivity index (χ0v) is 45.8. The number of halogens is 6. The van der Waals surface area contributed by atoms with Crippen molar-refractivity contribution >= 4 is 34.9 Å². The van der Waals surface area contributed by atoms with Crippen molar-refractivity contribution in [2.75, 3.05) is 46.2 Å². The fourth-order valence-corrected chi connectivity index (χ4v) is 9.85. The number of ether oxygens (including phenoxy) is 7. The molecule has 2 fully saturated rings. The second-order valence-electron chi connectivity index (χ2n) is 21.0. The van der Waals surface area contributed by atoms with Crippen LogP contribution in [0.3, 0.4) is 0 Å². The second kappa shape index (κ2) is 23.2. The average molecular weight is 1090 g/mol. The Morgan fingerprint density at radius 3 is 1.38 bits per heavy atom. The van der Waals surface area contributed by atoms with Crippen LogP contribution in [-0.4, -0.2) is 116 Å². The number of unbranched alkanes of at least 4 members (excludes halogenated alkanes) is 1. The molecule has 16 nitrogen and oxygen atoms in total. The quantitative estimate of drug-likeness (QED) is 0.0828. The SMILES string of the molecule is CC(C)(C)OC(=O)N1C(C)(C)OC[C@]1(C)c1nnc(-c2ccc(OCCCO)c(C(F)(F)F)c2)s1.CCCCOCCCOc1ccc(-c2nnc([C@@]3(C)COC(C)(C)N3C(=O)OC(C)(C)C)s2)cc1C(F)(F)F. The number of carbonyl (C=O) groups excluding carboxylic acids is 2. The van der Waals surface area contributed by atoms with Crippen molar-refractivity contribution in [3.05, 3.63) is 57.5 Å². The third-order valence-electron chi connectivity index (χ3n) is 11.4. The Labute approximate surface area is 436 Å². The number of alkyl halides is 6. The number of nitrogens with zero attached hydrogens (tertiary/aromatic N) is 6. The van der Waals surface area contributed by atoms with E-state index in [0.29, 0.717) is 29.6 Å². The van der Waals surface area contributed by atoms with E-state index in [4.69, 9.17) is 38.3 Å². The Hall–Kier alpha value is -4.88. The zero-order valence-electron chi connectivity index (χ0n) is 44.1. The summed E-state index contributed by atoms with van der Waals surface area (Å²) in [5.74, 6) is -0.577. The van der Waals surface area contributed by atoms with Gasteiger partial charge in [0.05, 0.1) is 37.6 Å². The summed E-state index contributed by atoms with van der Waals surface area (Å²) in [5.41, 5.74) is -6.92. The highest BCUT2D eigenvalue weighted by molar-refractivity contribution is 7.15. The molecule has 2 aromatic heterocycles. The number of rotatable bonds is 16. The smallest absolute Gasteiger partial charge is 0.419 e. The summed E-state index contributed by atoms with van der Waals surface area (Å²) in [6.07, 6.45) is -7.81. The minimum atomic E-state index is -4.65. The van der Waals surface area contributed by atoms with Crippen molar-refractivity contribution in [1.29, 1.82) is 0 Å². The summed E-state index contributed by atoms with van der Waals surface area (Å²) >= 11 is 2.18. The molecule has 0 bridgehead atoms. The van der Waals surface area contributed by atoms with Crippen molar-refractivity contribution < 1.29 is 74.2 Å². The highest BCUT2D eigenvalue weighted by atomic mass is 32.1. The maximum absolute atomic E-state index is 13.9. The highest BCUT2D eigenvalue weighted by Crippen LogP contribution is 2.48. The molecule has 0 radical (unpaired) electrons. The van der Waals surface area contributed by atoms with Crippen LogP contribution < -0.4 is 9.47 Å². The molecular weight excluding hydrogens is 1020 g/mol. The van der Waals surface area contributed by atoms with E-state index in [2.05, 4.69) is 27.3 Å². The summed E-state index contributed by atoms with van der Waals surface area (Å²) in [6.45, 7) is 24.3. The molecule has 0 saturated carbocycles. The number of aliphatic hydroxyl groups is 1. The first-order valence-electron chi connectivity index (χ1n) is 24.1. The van der Waals surface area contributed by atoms with Gasteiger partial charge in [0.2, 0.25) is 0 Å². The van der Waals surface area contributed by atoms with Crippen LogP contribution in [-0.2, 0) is 47.1 Å². The number of hydrogen-bond acceptors (Lipinski definition) is 16. The van der Waals surface area contributed by atoms with E-state index in [9.17, 15) is 35.9 Å². The Bertz CT molecular complexity index is 2540. The first kappa shape index (κ1) is 60.0. The molecular formula is C50H68F6N6O10S2. The van der Waals surface area contributed by atoms with Crippen molar-refractivity contribution in [3.63, 3.8) is 0 Å².